The Labute approximate surface area is 142 Å². The van der Waals surface area contributed by atoms with E-state index in [2.05, 4.69) is 26.8 Å². The monoisotopic (exact) mass is 327 g/mol. The Balaban J connectivity index is 1.64. The lowest BCUT2D eigenvalue weighted by Crippen LogP contribution is -2.47. The van der Waals surface area contributed by atoms with Crippen LogP contribution >= 0.6 is 0 Å². The highest BCUT2D eigenvalue weighted by Gasteiger charge is 2.34. The molecule has 6 heteroatoms. The largest absolute Gasteiger partial charge is 0.493 e. The molecule has 1 fully saturated rings. The molecule has 2 aromatic heterocycles. The molecule has 0 amide bonds. The highest BCUT2D eigenvalue weighted by Crippen LogP contribution is 2.40. The predicted molar refractivity (Wildman–Crippen MR) is 92.4 cm³/mol. The van der Waals surface area contributed by atoms with Crippen LogP contribution < -0.4 is 0 Å². The van der Waals surface area contributed by atoms with Gasteiger partial charge in [-0.2, -0.15) is 9.78 Å². The van der Waals surface area contributed by atoms with Crippen LogP contribution in [0.1, 0.15) is 37.1 Å². The Morgan fingerprint density at radius 2 is 2.04 bits per heavy atom. The summed E-state index contributed by atoms with van der Waals surface area (Å²) in [6.07, 6.45) is 4.90. The molecular formula is C18H25N5O. The predicted octanol–water partition coefficient (Wildman–Crippen LogP) is 1.99. The lowest BCUT2D eigenvalue weighted by atomic mass is 9.91. The fourth-order valence-corrected chi connectivity index (χ4v) is 3.99. The molecule has 1 aliphatic heterocycles. The minimum Gasteiger partial charge on any atom is -0.493 e. The number of rotatable bonds is 3. The van der Waals surface area contributed by atoms with Gasteiger partial charge in [-0.15, -0.1) is 0 Å². The molecule has 3 heterocycles. The molecule has 0 aromatic carbocycles. The third-order valence-electron chi connectivity index (χ3n) is 5.36. The highest BCUT2D eigenvalue weighted by molar-refractivity contribution is 5.40. The molecule has 6 nitrogen and oxygen atoms in total. The van der Waals surface area contributed by atoms with Gasteiger partial charge >= 0.3 is 0 Å². The van der Waals surface area contributed by atoms with Crippen LogP contribution in [-0.4, -0.2) is 62.4 Å². The Hall–Kier alpha value is -1.92. The van der Waals surface area contributed by atoms with E-state index in [-0.39, 0.29) is 11.9 Å². The summed E-state index contributed by atoms with van der Waals surface area (Å²) in [6, 6.07) is 5.96. The molecular weight excluding hydrogens is 302 g/mol. The maximum Gasteiger partial charge on any atom is 0.220 e. The summed E-state index contributed by atoms with van der Waals surface area (Å²) in [7, 11) is 0. The van der Waals surface area contributed by atoms with Crippen molar-refractivity contribution in [3.05, 3.63) is 35.7 Å². The molecule has 2 aliphatic rings. The number of aromatic hydroxyl groups is 1. The van der Waals surface area contributed by atoms with E-state index < -0.39 is 0 Å². The van der Waals surface area contributed by atoms with E-state index in [0.717, 1.165) is 63.2 Å². The van der Waals surface area contributed by atoms with Crippen LogP contribution in [0.2, 0.25) is 0 Å². The quantitative estimate of drug-likeness (QED) is 0.934. The molecule has 1 unspecified atom stereocenters. The van der Waals surface area contributed by atoms with Crippen molar-refractivity contribution < 1.29 is 5.11 Å². The Morgan fingerprint density at radius 1 is 1.21 bits per heavy atom. The van der Waals surface area contributed by atoms with Gasteiger partial charge in [0, 0.05) is 38.4 Å². The van der Waals surface area contributed by atoms with E-state index >= 15 is 0 Å². The molecule has 0 bridgehead atoms. The maximum atomic E-state index is 10.9. The van der Waals surface area contributed by atoms with Gasteiger partial charge in [-0.25, -0.2) is 4.98 Å². The van der Waals surface area contributed by atoms with Gasteiger partial charge < -0.3 is 10.0 Å². The van der Waals surface area contributed by atoms with Crippen LogP contribution in [0.5, 0.6) is 5.88 Å². The SMILES string of the molecule is CCN1CCN(C2CCCc3nn(-c4ccccn4)c(O)c32)CC1. The van der Waals surface area contributed by atoms with Crippen molar-refractivity contribution >= 4 is 0 Å². The molecule has 24 heavy (non-hydrogen) atoms. The fraction of sp³-hybridized carbons (Fsp3) is 0.556. The summed E-state index contributed by atoms with van der Waals surface area (Å²) in [5.74, 6) is 0.949. The van der Waals surface area contributed by atoms with Gasteiger partial charge in [0.15, 0.2) is 5.82 Å². The van der Waals surface area contributed by atoms with Crippen LogP contribution in [0.3, 0.4) is 0 Å². The Morgan fingerprint density at radius 3 is 2.75 bits per heavy atom. The summed E-state index contributed by atoms with van der Waals surface area (Å²) in [6.45, 7) is 7.68. The van der Waals surface area contributed by atoms with Crippen molar-refractivity contribution in [2.24, 2.45) is 0 Å². The van der Waals surface area contributed by atoms with Crippen LogP contribution in [0.4, 0.5) is 0 Å². The number of nitrogens with zero attached hydrogens (tertiary/aromatic N) is 5. The zero-order chi connectivity index (χ0) is 16.5. The average Bonchev–Trinajstić information content (AvgIpc) is 2.99. The van der Waals surface area contributed by atoms with Gasteiger partial charge in [0.05, 0.1) is 11.3 Å². The number of pyridine rings is 1. The van der Waals surface area contributed by atoms with E-state index in [0.29, 0.717) is 5.82 Å². The van der Waals surface area contributed by atoms with E-state index in [1.165, 1.54) is 0 Å². The summed E-state index contributed by atoms with van der Waals surface area (Å²) < 4.78 is 1.60. The topological polar surface area (TPSA) is 57.4 Å². The van der Waals surface area contributed by atoms with Gasteiger partial charge in [-0.05, 0) is 37.9 Å². The number of piperazine rings is 1. The van der Waals surface area contributed by atoms with Crippen LogP contribution in [0.25, 0.3) is 5.82 Å². The third kappa shape index (κ3) is 2.70. The second kappa shape index (κ2) is 6.53. The molecule has 2 aromatic rings. The number of fused-ring (bicyclic) bond motifs is 1. The molecule has 0 saturated carbocycles. The first kappa shape index (κ1) is 15.6. The number of aryl methyl sites for hydroxylation is 1. The van der Waals surface area contributed by atoms with Gasteiger partial charge in [0.25, 0.3) is 0 Å². The molecule has 1 saturated heterocycles. The van der Waals surface area contributed by atoms with E-state index in [4.69, 9.17) is 0 Å². The fourth-order valence-electron chi connectivity index (χ4n) is 3.99. The average molecular weight is 327 g/mol. The second-order valence-corrected chi connectivity index (χ2v) is 6.66. The summed E-state index contributed by atoms with van der Waals surface area (Å²) >= 11 is 0. The van der Waals surface area contributed by atoms with Crippen molar-refractivity contribution in [1.29, 1.82) is 0 Å². The first-order chi connectivity index (χ1) is 11.8. The van der Waals surface area contributed by atoms with Gasteiger partial charge in [0.1, 0.15) is 0 Å². The van der Waals surface area contributed by atoms with Gasteiger partial charge in [-0.1, -0.05) is 13.0 Å². The summed E-state index contributed by atoms with van der Waals surface area (Å²) in [5, 5.41) is 15.5. The molecule has 4 rings (SSSR count). The van der Waals surface area contributed by atoms with Crippen molar-refractivity contribution in [3.8, 4) is 11.7 Å². The Bertz CT molecular complexity index is 691. The first-order valence-corrected chi connectivity index (χ1v) is 8.96. The van der Waals surface area contributed by atoms with Crippen LogP contribution in [0, 0.1) is 0 Å². The molecule has 1 N–H and O–H groups in total. The minimum absolute atomic E-state index is 0.270. The molecule has 1 atom stereocenters. The van der Waals surface area contributed by atoms with Gasteiger partial charge in [-0.3, -0.25) is 4.90 Å². The normalized spacial score (nSPS) is 22.5. The first-order valence-electron chi connectivity index (χ1n) is 8.96. The van der Waals surface area contributed by atoms with E-state index in [1.807, 2.05) is 18.2 Å². The number of aromatic nitrogens is 3. The maximum absolute atomic E-state index is 10.9. The van der Waals surface area contributed by atoms with Crippen LogP contribution in [0.15, 0.2) is 24.4 Å². The Kier molecular flexibility index (Phi) is 4.24. The summed E-state index contributed by atoms with van der Waals surface area (Å²) in [4.78, 5) is 9.34. The van der Waals surface area contributed by atoms with E-state index in [1.54, 1.807) is 10.9 Å². The molecule has 128 valence electrons. The highest BCUT2D eigenvalue weighted by atomic mass is 16.3. The minimum atomic E-state index is 0.270. The van der Waals surface area contributed by atoms with Crippen LogP contribution in [-0.2, 0) is 6.42 Å². The standard InChI is InChI=1S/C18H25N5O/c1-2-21-10-12-22(13-11-21)15-7-5-6-14-17(15)18(24)23(20-14)16-8-3-4-9-19-16/h3-4,8-9,15,24H,2,5-7,10-13H2,1H3. The molecule has 0 radical (unpaired) electrons. The molecule has 0 spiro atoms. The van der Waals surface area contributed by atoms with Crippen molar-refractivity contribution in [2.45, 2.75) is 32.2 Å². The van der Waals surface area contributed by atoms with Crippen molar-refractivity contribution in [1.82, 2.24) is 24.6 Å². The van der Waals surface area contributed by atoms with Crippen molar-refractivity contribution in [2.75, 3.05) is 32.7 Å². The zero-order valence-corrected chi connectivity index (χ0v) is 14.2. The van der Waals surface area contributed by atoms with Gasteiger partial charge in [0.2, 0.25) is 5.88 Å². The smallest absolute Gasteiger partial charge is 0.220 e. The second-order valence-electron chi connectivity index (χ2n) is 6.66. The van der Waals surface area contributed by atoms with Crippen molar-refractivity contribution in [3.63, 3.8) is 0 Å². The van der Waals surface area contributed by atoms with E-state index in [9.17, 15) is 5.11 Å². The number of hydrogen-bond acceptors (Lipinski definition) is 5. The zero-order valence-electron chi connectivity index (χ0n) is 14.2. The molecule has 1 aliphatic carbocycles. The number of hydrogen-bond donors (Lipinski definition) is 1. The lowest BCUT2D eigenvalue weighted by Gasteiger charge is -2.40. The summed E-state index contributed by atoms with van der Waals surface area (Å²) in [5.41, 5.74) is 2.06. The lowest BCUT2D eigenvalue weighted by molar-refractivity contribution is 0.0899. The number of likely N-dealkylation sites (N-methyl/N-ethyl adjacent to an activating group) is 1. The third-order valence-corrected chi connectivity index (χ3v) is 5.36.